The van der Waals surface area contributed by atoms with Crippen LogP contribution in [-0.2, 0) is 4.79 Å². The maximum atomic E-state index is 12.8. The van der Waals surface area contributed by atoms with Crippen molar-refractivity contribution in [2.75, 3.05) is 0 Å². The lowest BCUT2D eigenvalue weighted by molar-refractivity contribution is -0.130. The van der Waals surface area contributed by atoms with Crippen molar-refractivity contribution in [3.05, 3.63) is 71.5 Å². The van der Waals surface area contributed by atoms with E-state index in [1.165, 1.54) is 24.3 Å². The average molecular weight is 242 g/mol. The fraction of sp³-hybridized carbons (Fsp3) is 0. The van der Waals surface area contributed by atoms with Gasteiger partial charge < -0.3 is 5.11 Å². The second kappa shape index (κ2) is 5.27. The SMILES string of the molecule is O=C(O)/C(=C/c1ccccc1)c1ccc(F)cc1. The van der Waals surface area contributed by atoms with Crippen LogP contribution in [0.3, 0.4) is 0 Å². The molecule has 2 aromatic rings. The van der Waals surface area contributed by atoms with Crippen LogP contribution in [0.2, 0.25) is 0 Å². The molecule has 0 unspecified atom stereocenters. The van der Waals surface area contributed by atoms with Gasteiger partial charge in [-0.1, -0.05) is 42.5 Å². The lowest BCUT2D eigenvalue weighted by atomic mass is 10.0. The van der Waals surface area contributed by atoms with E-state index in [1.807, 2.05) is 30.3 Å². The fourth-order valence-corrected chi connectivity index (χ4v) is 1.61. The molecule has 2 rings (SSSR count). The number of carboxylic acids is 1. The van der Waals surface area contributed by atoms with Crippen LogP contribution in [0.15, 0.2) is 54.6 Å². The first-order chi connectivity index (χ1) is 8.66. The largest absolute Gasteiger partial charge is 0.478 e. The standard InChI is InChI=1S/C15H11FO2/c16-13-8-6-12(7-9-13)14(15(17)18)10-11-4-2-1-3-5-11/h1-10H,(H,17,18)/b14-10+. The molecule has 3 heteroatoms. The Labute approximate surface area is 104 Å². The molecular formula is C15H11FO2. The summed E-state index contributed by atoms with van der Waals surface area (Å²) in [5.41, 5.74) is 1.41. The first-order valence-electron chi connectivity index (χ1n) is 5.43. The van der Waals surface area contributed by atoms with E-state index in [0.717, 1.165) is 5.56 Å². The van der Waals surface area contributed by atoms with Crippen molar-refractivity contribution in [2.24, 2.45) is 0 Å². The van der Waals surface area contributed by atoms with Gasteiger partial charge >= 0.3 is 5.97 Å². The van der Waals surface area contributed by atoms with Crippen molar-refractivity contribution in [3.63, 3.8) is 0 Å². The summed E-state index contributed by atoms with van der Waals surface area (Å²) in [5.74, 6) is -1.42. The minimum Gasteiger partial charge on any atom is -0.478 e. The van der Waals surface area contributed by atoms with Gasteiger partial charge in [0.2, 0.25) is 0 Å². The van der Waals surface area contributed by atoms with Crippen molar-refractivity contribution >= 4 is 17.6 Å². The Bertz CT molecular complexity index is 571. The minimum atomic E-state index is -1.04. The summed E-state index contributed by atoms with van der Waals surface area (Å²) >= 11 is 0. The van der Waals surface area contributed by atoms with Crippen LogP contribution in [0.4, 0.5) is 4.39 Å². The highest BCUT2D eigenvalue weighted by Gasteiger charge is 2.10. The lowest BCUT2D eigenvalue weighted by Crippen LogP contribution is -1.99. The normalized spacial score (nSPS) is 11.3. The summed E-state index contributed by atoms with van der Waals surface area (Å²) < 4.78 is 12.8. The maximum Gasteiger partial charge on any atom is 0.336 e. The van der Waals surface area contributed by atoms with Crippen molar-refractivity contribution in [2.45, 2.75) is 0 Å². The Hall–Kier alpha value is -2.42. The minimum absolute atomic E-state index is 0.140. The molecule has 1 N–H and O–H groups in total. The van der Waals surface area contributed by atoms with E-state index in [1.54, 1.807) is 6.08 Å². The highest BCUT2D eigenvalue weighted by atomic mass is 19.1. The molecule has 0 aliphatic carbocycles. The monoisotopic (exact) mass is 242 g/mol. The fourth-order valence-electron chi connectivity index (χ4n) is 1.61. The molecule has 0 aliphatic heterocycles. The molecule has 0 aliphatic rings. The zero-order chi connectivity index (χ0) is 13.0. The maximum absolute atomic E-state index is 12.8. The van der Waals surface area contributed by atoms with Crippen molar-refractivity contribution < 1.29 is 14.3 Å². The number of carboxylic acid groups (broad SMARTS) is 1. The van der Waals surface area contributed by atoms with Crippen LogP contribution in [-0.4, -0.2) is 11.1 Å². The molecule has 0 aromatic heterocycles. The van der Waals surface area contributed by atoms with Gasteiger partial charge in [0, 0.05) is 0 Å². The van der Waals surface area contributed by atoms with Crippen molar-refractivity contribution in [1.29, 1.82) is 0 Å². The Morgan fingerprint density at radius 3 is 2.17 bits per heavy atom. The predicted molar refractivity (Wildman–Crippen MR) is 68.3 cm³/mol. The first-order valence-corrected chi connectivity index (χ1v) is 5.43. The molecule has 0 bridgehead atoms. The second-order valence-corrected chi connectivity index (χ2v) is 3.78. The van der Waals surface area contributed by atoms with E-state index in [2.05, 4.69) is 0 Å². The van der Waals surface area contributed by atoms with Gasteiger partial charge in [0.15, 0.2) is 0 Å². The second-order valence-electron chi connectivity index (χ2n) is 3.78. The van der Waals surface area contributed by atoms with Gasteiger partial charge in [0.1, 0.15) is 5.82 Å². The predicted octanol–water partition coefficient (Wildman–Crippen LogP) is 3.45. The van der Waals surface area contributed by atoms with E-state index in [4.69, 9.17) is 0 Å². The van der Waals surface area contributed by atoms with Gasteiger partial charge in [0.25, 0.3) is 0 Å². The van der Waals surface area contributed by atoms with Gasteiger partial charge in [-0.2, -0.15) is 0 Å². The molecular weight excluding hydrogens is 231 g/mol. The van der Waals surface area contributed by atoms with Gasteiger partial charge in [-0.25, -0.2) is 9.18 Å². The van der Waals surface area contributed by atoms with E-state index < -0.39 is 5.97 Å². The molecule has 0 heterocycles. The van der Waals surface area contributed by atoms with Gasteiger partial charge in [-0.15, -0.1) is 0 Å². The van der Waals surface area contributed by atoms with Crippen LogP contribution in [0, 0.1) is 5.82 Å². The van der Waals surface area contributed by atoms with E-state index in [0.29, 0.717) is 5.56 Å². The molecule has 90 valence electrons. The zero-order valence-electron chi connectivity index (χ0n) is 9.51. The molecule has 0 spiro atoms. The van der Waals surface area contributed by atoms with Crippen LogP contribution in [0.1, 0.15) is 11.1 Å². The molecule has 0 amide bonds. The van der Waals surface area contributed by atoms with E-state index in [-0.39, 0.29) is 11.4 Å². The van der Waals surface area contributed by atoms with Crippen LogP contribution in [0.5, 0.6) is 0 Å². The molecule has 2 aromatic carbocycles. The Morgan fingerprint density at radius 1 is 1.00 bits per heavy atom. The third-order valence-corrected chi connectivity index (χ3v) is 2.50. The first kappa shape index (κ1) is 12.0. The van der Waals surface area contributed by atoms with E-state index >= 15 is 0 Å². The van der Waals surface area contributed by atoms with Crippen LogP contribution < -0.4 is 0 Å². The molecule has 2 nitrogen and oxygen atoms in total. The van der Waals surface area contributed by atoms with Crippen LogP contribution >= 0.6 is 0 Å². The Morgan fingerprint density at radius 2 is 1.61 bits per heavy atom. The highest BCUT2D eigenvalue weighted by Crippen LogP contribution is 2.19. The van der Waals surface area contributed by atoms with Crippen molar-refractivity contribution in [1.82, 2.24) is 0 Å². The Kier molecular flexibility index (Phi) is 3.53. The third-order valence-electron chi connectivity index (χ3n) is 2.50. The molecule has 0 atom stereocenters. The van der Waals surface area contributed by atoms with Gasteiger partial charge in [0.05, 0.1) is 5.57 Å². The smallest absolute Gasteiger partial charge is 0.336 e. The van der Waals surface area contributed by atoms with E-state index in [9.17, 15) is 14.3 Å². The Balaban J connectivity index is 2.44. The van der Waals surface area contributed by atoms with Gasteiger partial charge in [-0.3, -0.25) is 0 Å². The van der Waals surface area contributed by atoms with Gasteiger partial charge in [-0.05, 0) is 29.3 Å². The molecule has 18 heavy (non-hydrogen) atoms. The average Bonchev–Trinajstić information content (AvgIpc) is 2.38. The highest BCUT2D eigenvalue weighted by molar-refractivity contribution is 6.20. The summed E-state index contributed by atoms with van der Waals surface area (Å²) in [6.07, 6.45) is 1.57. The summed E-state index contributed by atoms with van der Waals surface area (Å²) in [4.78, 5) is 11.2. The summed E-state index contributed by atoms with van der Waals surface area (Å²) in [6.45, 7) is 0. The molecule has 0 fully saturated rings. The molecule has 0 saturated heterocycles. The number of hydrogen-bond donors (Lipinski definition) is 1. The molecule has 0 radical (unpaired) electrons. The number of hydrogen-bond acceptors (Lipinski definition) is 1. The number of rotatable bonds is 3. The quantitative estimate of drug-likeness (QED) is 0.661. The summed E-state index contributed by atoms with van der Waals surface area (Å²) in [6, 6.07) is 14.5. The van der Waals surface area contributed by atoms with Crippen molar-refractivity contribution in [3.8, 4) is 0 Å². The summed E-state index contributed by atoms with van der Waals surface area (Å²) in [5, 5.41) is 9.20. The van der Waals surface area contributed by atoms with Crippen LogP contribution in [0.25, 0.3) is 11.6 Å². The third kappa shape index (κ3) is 2.83. The zero-order valence-corrected chi connectivity index (χ0v) is 9.51. The number of benzene rings is 2. The number of halogens is 1. The lowest BCUT2D eigenvalue weighted by Gasteiger charge is -2.03. The summed E-state index contributed by atoms with van der Waals surface area (Å²) in [7, 11) is 0. The molecule has 0 saturated carbocycles. The number of aliphatic carboxylic acids is 1. The number of carbonyl (C=O) groups is 1. The topological polar surface area (TPSA) is 37.3 Å².